The van der Waals surface area contributed by atoms with Crippen molar-refractivity contribution in [3.63, 3.8) is 0 Å². The highest BCUT2D eigenvalue weighted by Crippen LogP contribution is 2.12. The lowest BCUT2D eigenvalue weighted by Gasteiger charge is -2.22. The molecule has 2 unspecified atom stereocenters. The summed E-state index contributed by atoms with van der Waals surface area (Å²) < 4.78 is 3.87. The lowest BCUT2D eigenvalue weighted by molar-refractivity contribution is -0.223. The fourth-order valence-corrected chi connectivity index (χ4v) is 0.872. The molecule has 0 heterocycles. The first kappa shape index (κ1) is 16.8. The van der Waals surface area contributed by atoms with E-state index in [9.17, 15) is 19.2 Å². The third kappa shape index (κ3) is 4.87. The van der Waals surface area contributed by atoms with Crippen molar-refractivity contribution >= 4 is 23.9 Å². The van der Waals surface area contributed by atoms with E-state index in [2.05, 4.69) is 4.74 Å². The van der Waals surface area contributed by atoms with Crippen molar-refractivity contribution in [2.45, 2.75) is 24.4 Å². The Balaban J connectivity index is 4.96. The summed E-state index contributed by atoms with van der Waals surface area (Å²) in [6, 6.07) is 0. The third-order valence-corrected chi connectivity index (χ3v) is 1.74. The van der Waals surface area contributed by atoms with Gasteiger partial charge >= 0.3 is 23.9 Å². The SMILES string of the molecule is O=C(O)CC(O)(O)C(=O)OC(C(=O)O)C(O)C(=O)O. The van der Waals surface area contributed by atoms with E-state index in [0.29, 0.717) is 0 Å². The van der Waals surface area contributed by atoms with E-state index in [1.54, 1.807) is 0 Å². The predicted octanol–water partition coefficient (Wildman–Crippen LogP) is -3.42. The molecule has 108 valence electrons. The highest BCUT2D eigenvalue weighted by molar-refractivity contribution is 5.88. The molecule has 2 atom stereocenters. The van der Waals surface area contributed by atoms with Crippen molar-refractivity contribution in [2.24, 2.45) is 0 Å². The van der Waals surface area contributed by atoms with Crippen LogP contribution in [-0.4, -0.2) is 72.5 Å². The number of carboxylic acids is 3. The quantitative estimate of drug-likeness (QED) is 0.200. The smallest absolute Gasteiger partial charge is 0.368 e. The van der Waals surface area contributed by atoms with E-state index in [-0.39, 0.29) is 0 Å². The summed E-state index contributed by atoms with van der Waals surface area (Å²) in [5.74, 6) is -11.6. The van der Waals surface area contributed by atoms with Crippen LogP contribution in [0.2, 0.25) is 0 Å². The molecule has 0 aliphatic rings. The van der Waals surface area contributed by atoms with Gasteiger partial charge in [-0.15, -0.1) is 0 Å². The number of ether oxygens (including phenoxy) is 1. The number of carbonyl (C=O) groups excluding carboxylic acids is 1. The molecule has 0 rings (SSSR count). The normalized spacial score (nSPS) is 14.3. The Morgan fingerprint density at radius 2 is 1.47 bits per heavy atom. The molecule has 19 heavy (non-hydrogen) atoms. The van der Waals surface area contributed by atoms with E-state index in [4.69, 9.17) is 30.6 Å². The van der Waals surface area contributed by atoms with Crippen LogP contribution in [0.4, 0.5) is 0 Å². The van der Waals surface area contributed by atoms with Gasteiger partial charge in [-0.1, -0.05) is 0 Å². The van der Waals surface area contributed by atoms with Crippen LogP contribution >= 0.6 is 0 Å². The molecular formula is C8H10O11. The second kappa shape index (κ2) is 6.08. The summed E-state index contributed by atoms with van der Waals surface area (Å²) in [6.45, 7) is 0. The van der Waals surface area contributed by atoms with E-state index < -0.39 is 48.3 Å². The zero-order valence-electron chi connectivity index (χ0n) is 9.09. The minimum atomic E-state index is -3.56. The summed E-state index contributed by atoms with van der Waals surface area (Å²) >= 11 is 0. The second-order valence-corrected chi connectivity index (χ2v) is 3.33. The van der Waals surface area contributed by atoms with Crippen LogP contribution in [0, 0.1) is 0 Å². The summed E-state index contributed by atoms with van der Waals surface area (Å²) in [7, 11) is 0. The number of esters is 1. The molecule has 0 aromatic rings. The zero-order valence-corrected chi connectivity index (χ0v) is 9.09. The Kier molecular flexibility index (Phi) is 5.36. The maximum atomic E-state index is 11.1. The average Bonchev–Trinajstić information content (AvgIpc) is 2.21. The molecule has 0 aromatic carbocycles. The highest BCUT2D eigenvalue weighted by Gasteiger charge is 2.43. The van der Waals surface area contributed by atoms with Crippen LogP contribution in [0.5, 0.6) is 0 Å². The summed E-state index contributed by atoms with van der Waals surface area (Å²) in [5, 5.41) is 52.0. The number of aliphatic hydroxyl groups excluding tert-OH is 1. The number of carbonyl (C=O) groups is 4. The molecule has 0 saturated heterocycles. The van der Waals surface area contributed by atoms with Gasteiger partial charge in [-0.25, -0.2) is 14.4 Å². The van der Waals surface area contributed by atoms with E-state index in [1.807, 2.05) is 0 Å². The summed E-state index contributed by atoms with van der Waals surface area (Å²) in [6.07, 6.45) is -6.82. The number of aliphatic hydroxyl groups is 3. The number of hydrogen-bond donors (Lipinski definition) is 6. The minimum Gasteiger partial charge on any atom is -0.481 e. The lowest BCUT2D eigenvalue weighted by Crippen LogP contribution is -2.49. The minimum absolute atomic E-state index is 1.53. The van der Waals surface area contributed by atoms with Gasteiger partial charge in [0.15, 0.2) is 6.10 Å². The van der Waals surface area contributed by atoms with E-state index >= 15 is 0 Å². The second-order valence-electron chi connectivity index (χ2n) is 3.33. The summed E-state index contributed by atoms with van der Waals surface area (Å²) in [5.41, 5.74) is 0. The van der Waals surface area contributed by atoms with Gasteiger partial charge in [-0.2, -0.15) is 0 Å². The Labute approximate surface area is 104 Å². The van der Waals surface area contributed by atoms with Crippen LogP contribution in [0.3, 0.4) is 0 Å². The maximum Gasteiger partial charge on any atom is 0.368 e. The Morgan fingerprint density at radius 1 is 1.00 bits per heavy atom. The Hall–Kier alpha value is -2.24. The fourth-order valence-electron chi connectivity index (χ4n) is 0.872. The molecule has 6 N–H and O–H groups in total. The van der Waals surface area contributed by atoms with Crippen LogP contribution < -0.4 is 0 Å². The first-order valence-electron chi connectivity index (χ1n) is 4.50. The van der Waals surface area contributed by atoms with E-state index in [1.165, 1.54) is 0 Å². The van der Waals surface area contributed by atoms with Crippen molar-refractivity contribution < 1.29 is 54.6 Å². The fraction of sp³-hybridized carbons (Fsp3) is 0.500. The van der Waals surface area contributed by atoms with Gasteiger partial charge < -0.3 is 35.4 Å². The molecule has 11 nitrogen and oxygen atoms in total. The molecule has 0 fully saturated rings. The van der Waals surface area contributed by atoms with E-state index in [0.717, 1.165) is 0 Å². The number of hydrogen-bond acceptors (Lipinski definition) is 8. The molecule has 0 aromatic heterocycles. The van der Waals surface area contributed by atoms with Crippen molar-refractivity contribution in [3.05, 3.63) is 0 Å². The highest BCUT2D eigenvalue weighted by atomic mass is 16.6. The van der Waals surface area contributed by atoms with Crippen molar-refractivity contribution in [3.8, 4) is 0 Å². The van der Waals surface area contributed by atoms with Crippen LogP contribution in [0.25, 0.3) is 0 Å². The van der Waals surface area contributed by atoms with Crippen molar-refractivity contribution in [1.82, 2.24) is 0 Å². The molecule has 0 amide bonds. The monoisotopic (exact) mass is 282 g/mol. The van der Waals surface area contributed by atoms with Gasteiger partial charge in [0.25, 0.3) is 5.79 Å². The topological polar surface area (TPSA) is 199 Å². The number of rotatable bonds is 7. The van der Waals surface area contributed by atoms with Crippen LogP contribution in [-0.2, 0) is 23.9 Å². The van der Waals surface area contributed by atoms with Crippen LogP contribution in [0.15, 0.2) is 0 Å². The first-order valence-corrected chi connectivity index (χ1v) is 4.50. The largest absolute Gasteiger partial charge is 0.481 e. The summed E-state index contributed by atoms with van der Waals surface area (Å²) in [4.78, 5) is 42.2. The van der Waals surface area contributed by atoms with Crippen molar-refractivity contribution in [2.75, 3.05) is 0 Å². The Morgan fingerprint density at radius 3 is 1.79 bits per heavy atom. The number of carboxylic acid groups (broad SMARTS) is 3. The van der Waals surface area contributed by atoms with Gasteiger partial charge in [0, 0.05) is 0 Å². The Bertz CT molecular complexity index is 397. The van der Waals surface area contributed by atoms with Gasteiger partial charge in [0.1, 0.15) is 6.42 Å². The molecule has 0 spiro atoms. The molecule has 11 heteroatoms. The number of aliphatic carboxylic acids is 3. The molecule has 0 radical (unpaired) electrons. The maximum absolute atomic E-state index is 11.1. The molecular weight excluding hydrogens is 272 g/mol. The standard InChI is InChI=1S/C8H10O11/c9-2(10)1-8(17,18)7(16)19-4(6(14)15)3(11)5(12)13/h3-4,11,17-18H,1H2,(H,9,10)(H,12,13)(H,14,15). The van der Waals surface area contributed by atoms with Gasteiger partial charge in [-0.05, 0) is 0 Å². The molecule has 0 saturated carbocycles. The van der Waals surface area contributed by atoms with Gasteiger partial charge in [0.2, 0.25) is 6.10 Å². The molecule has 0 aliphatic heterocycles. The first-order chi connectivity index (χ1) is 8.49. The van der Waals surface area contributed by atoms with Crippen molar-refractivity contribution in [1.29, 1.82) is 0 Å². The lowest BCUT2D eigenvalue weighted by atomic mass is 10.1. The molecule has 0 bridgehead atoms. The third-order valence-electron chi connectivity index (χ3n) is 1.74. The molecule has 0 aliphatic carbocycles. The van der Waals surface area contributed by atoms with Gasteiger partial charge in [0.05, 0.1) is 0 Å². The van der Waals surface area contributed by atoms with Gasteiger partial charge in [-0.3, -0.25) is 4.79 Å². The average molecular weight is 282 g/mol. The zero-order chi connectivity index (χ0) is 15.4. The predicted molar refractivity (Wildman–Crippen MR) is 50.6 cm³/mol. The van der Waals surface area contributed by atoms with Crippen LogP contribution in [0.1, 0.15) is 6.42 Å².